The first kappa shape index (κ1) is 21.3. The Bertz CT molecular complexity index is 652. The topological polar surface area (TPSA) is 102 Å². The Kier molecular flexibility index (Phi) is 8.48. The van der Waals surface area contributed by atoms with E-state index >= 15 is 0 Å². The molecule has 7 nitrogen and oxygen atoms in total. The number of rotatable bonds is 9. The summed E-state index contributed by atoms with van der Waals surface area (Å²) in [7, 11) is 0. The van der Waals surface area contributed by atoms with Gasteiger partial charge in [-0.2, -0.15) is 0 Å². The van der Waals surface area contributed by atoms with Gasteiger partial charge in [0.1, 0.15) is 6.54 Å². The highest BCUT2D eigenvalue weighted by Crippen LogP contribution is 2.11. The fourth-order valence-electron chi connectivity index (χ4n) is 2.00. The summed E-state index contributed by atoms with van der Waals surface area (Å²) < 4.78 is 5.00. The predicted octanol–water partition coefficient (Wildman–Crippen LogP) is 2.31. The summed E-state index contributed by atoms with van der Waals surface area (Å²) in [6, 6.07) is 6.39. The summed E-state index contributed by atoms with van der Waals surface area (Å²) in [4.78, 5) is 46.5. The number of ether oxygens (including phenoxy) is 1. The summed E-state index contributed by atoms with van der Waals surface area (Å²) in [6.45, 7) is 6.64. The van der Waals surface area contributed by atoms with Crippen LogP contribution in [0.4, 0.5) is 5.69 Å². The lowest BCUT2D eigenvalue weighted by molar-refractivity contribution is -0.152. The molecule has 0 heterocycles. The molecule has 1 unspecified atom stereocenters. The number of ketones is 1. The first-order chi connectivity index (χ1) is 12.2. The Morgan fingerprint density at radius 1 is 1.04 bits per heavy atom. The number of hydrogen-bond acceptors (Lipinski definition) is 5. The lowest BCUT2D eigenvalue weighted by Crippen LogP contribution is -2.35. The van der Waals surface area contributed by atoms with Crippen molar-refractivity contribution < 1.29 is 23.9 Å². The van der Waals surface area contributed by atoms with Gasteiger partial charge in [-0.1, -0.05) is 13.8 Å². The molecule has 1 aromatic rings. The van der Waals surface area contributed by atoms with Crippen LogP contribution in [0, 0.1) is 5.92 Å². The van der Waals surface area contributed by atoms with Gasteiger partial charge in [0.15, 0.2) is 11.9 Å². The number of nitrogens with one attached hydrogen (secondary N) is 2. The van der Waals surface area contributed by atoms with Gasteiger partial charge < -0.3 is 15.4 Å². The summed E-state index contributed by atoms with van der Waals surface area (Å²) in [5.41, 5.74) is 1.03. The average molecular weight is 362 g/mol. The quantitative estimate of drug-likeness (QED) is 0.518. The van der Waals surface area contributed by atoms with Gasteiger partial charge in [0.25, 0.3) is 5.91 Å². The monoisotopic (exact) mass is 362 g/mol. The maximum absolute atomic E-state index is 12.0. The van der Waals surface area contributed by atoms with E-state index in [1.807, 2.05) is 13.8 Å². The highest BCUT2D eigenvalue weighted by molar-refractivity contribution is 5.97. The smallest absolute Gasteiger partial charge is 0.326 e. The van der Waals surface area contributed by atoms with Gasteiger partial charge in [-0.3, -0.25) is 19.2 Å². The highest BCUT2D eigenvalue weighted by Gasteiger charge is 2.18. The van der Waals surface area contributed by atoms with Gasteiger partial charge >= 0.3 is 5.97 Å². The number of anilines is 1. The lowest BCUT2D eigenvalue weighted by atomic mass is 10.1. The Labute approximate surface area is 153 Å². The van der Waals surface area contributed by atoms with Crippen LogP contribution in [-0.4, -0.2) is 36.2 Å². The first-order valence-corrected chi connectivity index (χ1v) is 8.57. The van der Waals surface area contributed by atoms with E-state index in [4.69, 9.17) is 4.74 Å². The number of Topliss-reactive ketones (excluding diaryl/α,β-unsaturated/α-hetero) is 1. The van der Waals surface area contributed by atoms with Crippen LogP contribution in [0.25, 0.3) is 0 Å². The van der Waals surface area contributed by atoms with Crippen LogP contribution in [0.1, 0.15) is 50.9 Å². The van der Waals surface area contributed by atoms with Crippen LogP contribution in [0.5, 0.6) is 0 Å². The van der Waals surface area contributed by atoms with Crippen molar-refractivity contribution in [3.05, 3.63) is 29.8 Å². The Morgan fingerprint density at radius 3 is 2.19 bits per heavy atom. The van der Waals surface area contributed by atoms with Gasteiger partial charge in [-0.15, -0.1) is 0 Å². The number of amides is 2. The second-order valence-corrected chi connectivity index (χ2v) is 6.46. The third-order valence-electron chi connectivity index (χ3n) is 3.62. The molecule has 1 atom stereocenters. The highest BCUT2D eigenvalue weighted by atomic mass is 16.5. The van der Waals surface area contributed by atoms with Crippen molar-refractivity contribution in [1.82, 2.24) is 5.32 Å². The minimum Gasteiger partial charge on any atom is -0.451 e. The maximum Gasteiger partial charge on any atom is 0.326 e. The number of hydrogen-bond donors (Lipinski definition) is 2. The van der Waals surface area contributed by atoms with Crippen molar-refractivity contribution >= 4 is 29.3 Å². The zero-order chi connectivity index (χ0) is 19.7. The molecule has 0 aliphatic heterocycles. The first-order valence-electron chi connectivity index (χ1n) is 8.57. The van der Waals surface area contributed by atoms with Crippen LogP contribution in [-0.2, 0) is 19.1 Å². The summed E-state index contributed by atoms with van der Waals surface area (Å²) in [6.07, 6.45) is 0.0712. The second kappa shape index (κ2) is 10.3. The Balaban J connectivity index is 2.40. The van der Waals surface area contributed by atoms with Crippen LogP contribution in [0.15, 0.2) is 24.3 Å². The average Bonchev–Trinajstić information content (AvgIpc) is 2.58. The Morgan fingerprint density at radius 2 is 1.65 bits per heavy atom. The van der Waals surface area contributed by atoms with Crippen molar-refractivity contribution in [2.45, 2.75) is 46.6 Å². The van der Waals surface area contributed by atoms with Crippen LogP contribution in [0.3, 0.4) is 0 Å². The van der Waals surface area contributed by atoms with Crippen molar-refractivity contribution in [1.29, 1.82) is 0 Å². The molecular weight excluding hydrogens is 336 g/mol. The van der Waals surface area contributed by atoms with Crippen molar-refractivity contribution in [3.8, 4) is 0 Å². The van der Waals surface area contributed by atoms with E-state index in [9.17, 15) is 19.2 Å². The normalized spacial score (nSPS) is 11.6. The lowest BCUT2D eigenvalue weighted by Gasteiger charge is -2.14. The molecule has 1 rings (SSSR count). The van der Waals surface area contributed by atoms with Gasteiger partial charge in [0, 0.05) is 17.7 Å². The van der Waals surface area contributed by atoms with E-state index in [1.54, 1.807) is 24.3 Å². The molecular formula is C19H26N2O5. The molecule has 0 fully saturated rings. The molecule has 26 heavy (non-hydrogen) atoms. The molecule has 2 amide bonds. The van der Waals surface area contributed by atoms with E-state index < -0.39 is 18.0 Å². The summed E-state index contributed by atoms with van der Waals surface area (Å²) >= 11 is 0. The third-order valence-corrected chi connectivity index (χ3v) is 3.62. The summed E-state index contributed by atoms with van der Waals surface area (Å²) in [5.74, 6) is -1.07. The van der Waals surface area contributed by atoms with Gasteiger partial charge in [0.05, 0.1) is 0 Å². The molecule has 0 spiro atoms. The van der Waals surface area contributed by atoms with E-state index in [2.05, 4.69) is 10.6 Å². The van der Waals surface area contributed by atoms with Crippen LogP contribution < -0.4 is 10.6 Å². The fourth-order valence-corrected chi connectivity index (χ4v) is 2.00. The van der Waals surface area contributed by atoms with Crippen LogP contribution in [0.2, 0.25) is 0 Å². The Hall–Kier alpha value is -2.70. The number of benzene rings is 1. The number of carbonyl (C=O) groups excluding carboxylic acids is 4. The number of carbonyl (C=O) groups is 4. The molecule has 7 heteroatoms. The van der Waals surface area contributed by atoms with E-state index in [1.165, 1.54) is 13.8 Å². The SMILES string of the molecule is CC(=O)c1ccc(NC(=O)C(C)OC(=O)CNC(=O)CCC(C)C)cc1. The molecule has 0 saturated heterocycles. The molecule has 142 valence electrons. The maximum atomic E-state index is 12.0. The zero-order valence-electron chi connectivity index (χ0n) is 15.6. The molecule has 0 aliphatic carbocycles. The molecule has 0 radical (unpaired) electrons. The van der Waals surface area contributed by atoms with E-state index in [-0.39, 0.29) is 18.2 Å². The van der Waals surface area contributed by atoms with Crippen molar-refractivity contribution in [3.63, 3.8) is 0 Å². The standard InChI is InChI=1S/C19H26N2O5/c1-12(2)5-10-17(23)20-11-18(24)26-14(4)19(25)21-16-8-6-15(7-9-16)13(3)22/h6-9,12,14H,5,10-11H2,1-4H3,(H,20,23)(H,21,25). The molecule has 0 aromatic heterocycles. The number of esters is 1. The minimum absolute atomic E-state index is 0.0689. The fraction of sp³-hybridized carbons (Fsp3) is 0.474. The van der Waals surface area contributed by atoms with Gasteiger partial charge in [-0.05, 0) is 50.5 Å². The predicted molar refractivity (Wildman–Crippen MR) is 97.7 cm³/mol. The summed E-state index contributed by atoms with van der Waals surface area (Å²) in [5, 5.41) is 5.07. The largest absolute Gasteiger partial charge is 0.451 e. The molecule has 0 bridgehead atoms. The molecule has 0 aliphatic rings. The van der Waals surface area contributed by atoms with Crippen LogP contribution >= 0.6 is 0 Å². The molecule has 1 aromatic carbocycles. The van der Waals surface area contributed by atoms with Crippen molar-refractivity contribution in [2.24, 2.45) is 5.92 Å². The third kappa shape index (κ3) is 7.92. The van der Waals surface area contributed by atoms with Crippen molar-refractivity contribution in [2.75, 3.05) is 11.9 Å². The van der Waals surface area contributed by atoms with Gasteiger partial charge in [0.2, 0.25) is 5.91 Å². The van der Waals surface area contributed by atoms with E-state index in [0.29, 0.717) is 23.6 Å². The minimum atomic E-state index is -1.01. The molecule has 2 N–H and O–H groups in total. The van der Waals surface area contributed by atoms with E-state index in [0.717, 1.165) is 6.42 Å². The van der Waals surface area contributed by atoms with Gasteiger partial charge in [-0.25, -0.2) is 0 Å². The second-order valence-electron chi connectivity index (χ2n) is 6.46. The molecule has 0 saturated carbocycles. The zero-order valence-corrected chi connectivity index (χ0v) is 15.6.